The minimum Gasteiger partial charge on any atom is -0.387 e. The van der Waals surface area contributed by atoms with Gasteiger partial charge in [-0.1, -0.05) is 52.0 Å². The molecular weight excluding hydrogens is 578 g/mol. The number of sulfonamides is 1. The lowest BCUT2D eigenvalue weighted by molar-refractivity contribution is -0.180. The third-order valence-corrected chi connectivity index (χ3v) is 9.46. The molecule has 0 unspecified atom stereocenters. The van der Waals surface area contributed by atoms with Crippen molar-refractivity contribution >= 4 is 39.4 Å². The summed E-state index contributed by atoms with van der Waals surface area (Å²) in [6, 6.07) is 12.4. The number of rotatable bonds is 12. The van der Waals surface area contributed by atoms with Gasteiger partial charge in [0.2, 0.25) is 15.9 Å². The van der Waals surface area contributed by atoms with Crippen LogP contribution in [0.2, 0.25) is 0 Å². The van der Waals surface area contributed by atoms with Crippen molar-refractivity contribution in [1.82, 2.24) is 14.7 Å². The van der Waals surface area contributed by atoms with Crippen LogP contribution in [0.3, 0.4) is 0 Å². The summed E-state index contributed by atoms with van der Waals surface area (Å²) in [4.78, 5) is 35.7. The SMILES string of the molecule is CCCN(OCC)C(=O)C1=Cc2ccc(-c3cccc(S(=O)(=O)N4CC(CNC(=O)CCC(C)(C)C)C4)c3)cc2N=C(N)C1. The number of benzene rings is 2. The summed E-state index contributed by atoms with van der Waals surface area (Å²) >= 11 is 0. The van der Waals surface area contributed by atoms with Crippen molar-refractivity contribution in [1.29, 1.82) is 0 Å². The number of nitrogens with one attached hydrogen (secondary N) is 1. The number of hydroxylamine groups is 2. The van der Waals surface area contributed by atoms with Gasteiger partial charge in [0.05, 0.1) is 17.2 Å². The fourth-order valence-corrected chi connectivity index (χ4v) is 6.76. The molecule has 10 nitrogen and oxygen atoms in total. The molecule has 4 rings (SSSR count). The first-order valence-corrected chi connectivity index (χ1v) is 16.7. The molecule has 0 spiro atoms. The molecule has 2 aliphatic heterocycles. The number of carbonyl (C=O) groups excluding carboxylic acids is 2. The zero-order valence-electron chi connectivity index (χ0n) is 26.4. The van der Waals surface area contributed by atoms with Gasteiger partial charge in [0, 0.05) is 56.1 Å². The number of aliphatic imine (C=N–C) groups is 1. The van der Waals surface area contributed by atoms with Crippen LogP contribution in [-0.2, 0) is 24.4 Å². The van der Waals surface area contributed by atoms with E-state index in [0.29, 0.717) is 56.3 Å². The number of fused-ring (bicyclic) bond motifs is 1. The Morgan fingerprint density at radius 1 is 1.11 bits per heavy atom. The quantitative estimate of drug-likeness (QED) is 0.324. The number of amidine groups is 1. The topological polar surface area (TPSA) is 134 Å². The predicted molar refractivity (Wildman–Crippen MR) is 173 cm³/mol. The van der Waals surface area contributed by atoms with Crippen LogP contribution >= 0.6 is 0 Å². The zero-order chi connectivity index (χ0) is 32.1. The Morgan fingerprint density at radius 2 is 1.84 bits per heavy atom. The van der Waals surface area contributed by atoms with Crippen molar-refractivity contribution in [3.05, 3.63) is 53.6 Å². The molecule has 2 amide bonds. The third kappa shape index (κ3) is 8.34. The Labute approximate surface area is 261 Å². The van der Waals surface area contributed by atoms with Gasteiger partial charge in [0.1, 0.15) is 5.84 Å². The molecule has 0 bridgehead atoms. The van der Waals surface area contributed by atoms with Gasteiger partial charge in [0.15, 0.2) is 0 Å². The molecule has 1 saturated heterocycles. The molecule has 2 heterocycles. The Morgan fingerprint density at radius 3 is 2.52 bits per heavy atom. The van der Waals surface area contributed by atoms with E-state index in [-0.39, 0.29) is 34.5 Å². The molecule has 11 heteroatoms. The smallest absolute Gasteiger partial charge is 0.273 e. The third-order valence-electron chi connectivity index (χ3n) is 7.63. The van der Waals surface area contributed by atoms with E-state index in [1.165, 1.54) is 9.37 Å². The summed E-state index contributed by atoms with van der Waals surface area (Å²) in [5.41, 5.74) is 9.65. The maximum Gasteiger partial charge on any atom is 0.273 e. The van der Waals surface area contributed by atoms with Gasteiger partial charge in [-0.05, 0) is 60.6 Å². The van der Waals surface area contributed by atoms with E-state index in [4.69, 9.17) is 10.6 Å². The van der Waals surface area contributed by atoms with Crippen molar-refractivity contribution < 1.29 is 22.8 Å². The van der Waals surface area contributed by atoms with Gasteiger partial charge < -0.3 is 11.1 Å². The molecule has 238 valence electrons. The molecular formula is C33H45N5O5S. The maximum atomic E-state index is 13.4. The van der Waals surface area contributed by atoms with E-state index < -0.39 is 10.0 Å². The van der Waals surface area contributed by atoms with Crippen molar-refractivity contribution in [3.8, 4) is 11.1 Å². The minimum absolute atomic E-state index is 0.00284. The average molecular weight is 624 g/mol. The van der Waals surface area contributed by atoms with Crippen LogP contribution in [0, 0.1) is 11.3 Å². The fourth-order valence-electron chi connectivity index (χ4n) is 5.12. The lowest BCUT2D eigenvalue weighted by atomic mass is 9.90. The number of carbonyl (C=O) groups is 2. The molecule has 2 aromatic carbocycles. The highest BCUT2D eigenvalue weighted by atomic mass is 32.2. The van der Waals surface area contributed by atoms with E-state index >= 15 is 0 Å². The van der Waals surface area contributed by atoms with Gasteiger partial charge in [0.25, 0.3) is 5.91 Å². The van der Waals surface area contributed by atoms with E-state index in [0.717, 1.165) is 29.5 Å². The molecule has 0 saturated carbocycles. The van der Waals surface area contributed by atoms with Gasteiger partial charge in [-0.25, -0.2) is 18.5 Å². The Hall–Kier alpha value is -3.54. The highest BCUT2D eigenvalue weighted by molar-refractivity contribution is 7.89. The average Bonchev–Trinajstić information content (AvgIpc) is 3.11. The first-order chi connectivity index (χ1) is 20.8. The molecule has 0 aromatic heterocycles. The van der Waals surface area contributed by atoms with Gasteiger partial charge in [-0.2, -0.15) is 4.31 Å². The van der Waals surface area contributed by atoms with Crippen molar-refractivity contribution in [3.63, 3.8) is 0 Å². The summed E-state index contributed by atoms with van der Waals surface area (Å²) in [7, 11) is -3.69. The number of amides is 2. The molecule has 0 radical (unpaired) electrons. The lowest BCUT2D eigenvalue weighted by Gasteiger charge is -2.38. The molecule has 0 atom stereocenters. The maximum absolute atomic E-state index is 13.4. The standard InChI is InChI=1S/C33H45N5O5S/c1-6-15-38(43-7-2)32(40)27-16-26-12-11-25(18-29(26)36-30(34)19-27)24-9-8-10-28(17-24)44(41,42)37-21-23(22-37)20-35-31(39)13-14-33(3,4)5/h8-12,16-18,23H,6-7,13-15,19-22H2,1-5H3,(H2,34,36)(H,35,39). The number of nitrogens with zero attached hydrogens (tertiary/aromatic N) is 3. The van der Waals surface area contributed by atoms with E-state index in [2.05, 4.69) is 31.1 Å². The molecule has 2 aliphatic rings. The summed E-state index contributed by atoms with van der Waals surface area (Å²) in [5, 5.41) is 4.32. The zero-order valence-corrected chi connectivity index (χ0v) is 27.2. The van der Waals surface area contributed by atoms with E-state index in [9.17, 15) is 18.0 Å². The van der Waals surface area contributed by atoms with Crippen LogP contribution in [0.15, 0.2) is 57.9 Å². The Balaban J connectivity index is 1.46. The summed E-state index contributed by atoms with van der Waals surface area (Å²) in [5.74, 6) is 0.162. The van der Waals surface area contributed by atoms with Gasteiger partial charge in [-0.3, -0.25) is 14.4 Å². The van der Waals surface area contributed by atoms with Crippen LogP contribution in [0.25, 0.3) is 17.2 Å². The Bertz CT molecular complexity index is 1530. The van der Waals surface area contributed by atoms with Crippen molar-refractivity contribution in [2.24, 2.45) is 22.1 Å². The second-order valence-electron chi connectivity index (χ2n) is 12.6. The molecule has 2 aromatic rings. The van der Waals surface area contributed by atoms with Gasteiger partial charge >= 0.3 is 0 Å². The molecule has 1 fully saturated rings. The van der Waals surface area contributed by atoms with Crippen LogP contribution in [0.4, 0.5) is 5.69 Å². The predicted octanol–water partition coefficient (Wildman–Crippen LogP) is 4.88. The van der Waals surface area contributed by atoms with Gasteiger partial charge in [-0.15, -0.1) is 0 Å². The number of hydrogen-bond donors (Lipinski definition) is 2. The van der Waals surface area contributed by atoms with Crippen LogP contribution in [-0.4, -0.2) is 68.2 Å². The first-order valence-electron chi connectivity index (χ1n) is 15.3. The highest BCUT2D eigenvalue weighted by Gasteiger charge is 2.37. The summed E-state index contributed by atoms with van der Waals surface area (Å²) in [6.07, 6.45) is 4.01. The van der Waals surface area contributed by atoms with Crippen molar-refractivity contribution in [2.75, 3.05) is 32.8 Å². The van der Waals surface area contributed by atoms with Crippen molar-refractivity contribution in [2.45, 2.75) is 65.2 Å². The first kappa shape index (κ1) is 33.4. The van der Waals surface area contributed by atoms with Crippen LogP contribution in [0.1, 0.15) is 65.9 Å². The fraction of sp³-hybridized carbons (Fsp3) is 0.485. The number of hydrogen-bond acceptors (Lipinski definition) is 7. The Kier molecular flexibility index (Phi) is 10.6. The van der Waals surface area contributed by atoms with Crippen LogP contribution < -0.4 is 11.1 Å². The highest BCUT2D eigenvalue weighted by Crippen LogP contribution is 2.34. The summed E-state index contributed by atoms with van der Waals surface area (Å²) in [6.45, 7) is 12.2. The largest absolute Gasteiger partial charge is 0.387 e. The monoisotopic (exact) mass is 623 g/mol. The molecule has 3 N–H and O–H groups in total. The summed E-state index contributed by atoms with van der Waals surface area (Å²) < 4.78 is 28.3. The lowest BCUT2D eigenvalue weighted by Crippen LogP contribution is -2.53. The van der Waals surface area contributed by atoms with E-state index in [1.807, 2.05) is 38.1 Å². The normalized spacial score (nSPS) is 15.8. The van der Waals surface area contributed by atoms with E-state index in [1.54, 1.807) is 24.3 Å². The molecule has 44 heavy (non-hydrogen) atoms. The second-order valence-corrected chi connectivity index (χ2v) is 14.6. The molecule has 0 aliphatic carbocycles. The van der Waals surface area contributed by atoms with Crippen LogP contribution in [0.5, 0.6) is 0 Å². The number of nitrogens with two attached hydrogens (primary N) is 1. The second kappa shape index (κ2) is 14.0. The minimum atomic E-state index is -3.69.